The number of aromatic nitrogens is 5. The number of tetrazole rings is 1. The number of nitrogens with zero attached hydrogens (tertiary/aromatic N) is 4. The van der Waals surface area contributed by atoms with Gasteiger partial charge >= 0.3 is 0 Å². The van der Waals surface area contributed by atoms with Gasteiger partial charge in [0.15, 0.2) is 5.82 Å². The third-order valence-corrected chi connectivity index (χ3v) is 5.38. The number of para-hydroxylation sites is 1. The third-order valence-electron chi connectivity index (χ3n) is 5.38. The van der Waals surface area contributed by atoms with Gasteiger partial charge in [-0.15, -0.1) is 5.10 Å². The van der Waals surface area contributed by atoms with Crippen molar-refractivity contribution >= 4 is 10.9 Å². The first-order valence-corrected chi connectivity index (χ1v) is 11.4. The van der Waals surface area contributed by atoms with E-state index in [1.807, 2.05) is 85.8 Å². The van der Waals surface area contributed by atoms with Crippen molar-refractivity contribution in [3.05, 3.63) is 102 Å². The lowest BCUT2D eigenvalue weighted by molar-refractivity contribution is 0.218. The van der Waals surface area contributed by atoms with E-state index in [2.05, 4.69) is 31.7 Å². The molecule has 8 nitrogen and oxygen atoms in total. The molecule has 3 aromatic carbocycles. The van der Waals surface area contributed by atoms with E-state index in [1.54, 1.807) is 0 Å². The van der Waals surface area contributed by atoms with Gasteiger partial charge in [0.1, 0.15) is 36.6 Å². The topological polar surface area (TPSA) is 95.0 Å². The van der Waals surface area contributed by atoms with Gasteiger partial charge in [0.05, 0.1) is 11.2 Å². The van der Waals surface area contributed by atoms with Gasteiger partial charge in [-0.2, -0.15) is 0 Å². The Morgan fingerprint density at radius 1 is 0.800 bits per heavy atom. The summed E-state index contributed by atoms with van der Waals surface area (Å²) in [6.45, 7) is 2.81. The molecule has 0 radical (unpaired) electrons. The van der Waals surface area contributed by atoms with E-state index in [4.69, 9.17) is 14.2 Å². The van der Waals surface area contributed by atoms with Crippen LogP contribution in [0.1, 0.15) is 24.0 Å². The molecule has 5 rings (SSSR count). The van der Waals surface area contributed by atoms with Crippen molar-refractivity contribution in [3.63, 3.8) is 0 Å². The summed E-state index contributed by atoms with van der Waals surface area (Å²) in [5, 5.41) is 14.9. The van der Waals surface area contributed by atoms with Crippen LogP contribution in [0, 0.1) is 0 Å². The normalized spacial score (nSPS) is 11.8. The maximum atomic E-state index is 5.99. The number of pyridine rings is 1. The molecule has 0 spiro atoms. The van der Waals surface area contributed by atoms with Crippen molar-refractivity contribution in [1.82, 2.24) is 25.6 Å². The van der Waals surface area contributed by atoms with Gasteiger partial charge in [0, 0.05) is 11.8 Å². The van der Waals surface area contributed by atoms with Crippen LogP contribution in [0.15, 0.2) is 84.9 Å². The molecule has 2 aromatic heterocycles. The first kappa shape index (κ1) is 22.3. The van der Waals surface area contributed by atoms with Crippen molar-refractivity contribution < 1.29 is 14.2 Å². The van der Waals surface area contributed by atoms with E-state index in [-0.39, 0.29) is 6.10 Å². The third kappa shape index (κ3) is 6.11. The van der Waals surface area contributed by atoms with Crippen LogP contribution in [0.3, 0.4) is 0 Å². The molecule has 2 heterocycles. The average Bonchev–Trinajstić information content (AvgIpc) is 3.40. The number of benzene rings is 3. The maximum Gasteiger partial charge on any atom is 0.152 e. The van der Waals surface area contributed by atoms with E-state index in [1.165, 1.54) is 0 Å². The second kappa shape index (κ2) is 10.6. The van der Waals surface area contributed by atoms with Gasteiger partial charge in [-0.25, -0.2) is 10.1 Å². The summed E-state index contributed by atoms with van der Waals surface area (Å²) < 4.78 is 17.8. The molecule has 0 aliphatic carbocycles. The Hall–Kier alpha value is -4.46. The lowest BCUT2D eigenvalue weighted by atomic mass is 10.2. The first-order chi connectivity index (χ1) is 17.2. The SMILES string of the molecule is CC(Cc1nnn[nH]1)Oc1cccc(COc2ccc(OCc3ccc4ccccc4n3)cc2)c1. The highest BCUT2D eigenvalue weighted by Crippen LogP contribution is 2.22. The van der Waals surface area contributed by atoms with Crippen LogP contribution in [0.2, 0.25) is 0 Å². The molecule has 5 aromatic rings. The van der Waals surface area contributed by atoms with Crippen molar-refractivity contribution in [1.29, 1.82) is 0 Å². The number of fused-ring (bicyclic) bond motifs is 1. The van der Waals surface area contributed by atoms with Gasteiger partial charge in [-0.05, 0) is 71.4 Å². The summed E-state index contributed by atoms with van der Waals surface area (Å²) in [6, 6.07) is 27.6. The number of hydrogen-bond donors (Lipinski definition) is 1. The van der Waals surface area contributed by atoms with Gasteiger partial charge in [-0.1, -0.05) is 36.4 Å². The van der Waals surface area contributed by atoms with E-state index >= 15 is 0 Å². The molecule has 1 N–H and O–H groups in total. The summed E-state index contributed by atoms with van der Waals surface area (Å²) in [5.74, 6) is 2.99. The summed E-state index contributed by atoms with van der Waals surface area (Å²) in [4.78, 5) is 4.64. The summed E-state index contributed by atoms with van der Waals surface area (Å²) >= 11 is 0. The number of rotatable bonds is 10. The Morgan fingerprint density at radius 3 is 2.40 bits per heavy atom. The van der Waals surface area contributed by atoms with E-state index < -0.39 is 0 Å². The Kier molecular flexibility index (Phi) is 6.79. The number of aromatic amines is 1. The van der Waals surface area contributed by atoms with Crippen molar-refractivity contribution in [2.45, 2.75) is 32.7 Å². The Labute approximate surface area is 202 Å². The van der Waals surface area contributed by atoms with Crippen LogP contribution in [-0.4, -0.2) is 31.7 Å². The number of hydrogen-bond acceptors (Lipinski definition) is 7. The van der Waals surface area contributed by atoms with Crippen LogP contribution in [-0.2, 0) is 19.6 Å². The largest absolute Gasteiger partial charge is 0.490 e. The second-order valence-corrected chi connectivity index (χ2v) is 8.17. The Bertz CT molecular complexity index is 1370. The van der Waals surface area contributed by atoms with Gasteiger partial charge in [0.25, 0.3) is 0 Å². The van der Waals surface area contributed by atoms with Gasteiger partial charge < -0.3 is 14.2 Å². The lowest BCUT2D eigenvalue weighted by Gasteiger charge is -2.14. The number of ether oxygens (including phenoxy) is 3. The molecule has 0 fully saturated rings. The number of nitrogens with one attached hydrogen (secondary N) is 1. The molecular weight excluding hydrogens is 442 g/mol. The van der Waals surface area contributed by atoms with Crippen LogP contribution in [0.4, 0.5) is 0 Å². The van der Waals surface area contributed by atoms with Crippen molar-refractivity contribution in [3.8, 4) is 17.2 Å². The van der Waals surface area contributed by atoms with Crippen LogP contribution < -0.4 is 14.2 Å². The highest BCUT2D eigenvalue weighted by molar-refractivity contribution is 5.78. The fraction of sp³-hybridized carbons (Fsp3) is 0.185. The molecule has 0 aliphatic heterocycles. The predicted octanol–water partition coefficient (Wildman–Crippen LogP) is 4.92. The van der Waals surface area contributed by atoms with Crippen LogP contribution in [0.5, 0.6) is 17.2 Å². The lowest BCUT2D eigenvalue weighted by Crippen LogP contribution is -2.16. The van der Waals surface area contributed by atoms with Crippen LogP contribution in [0.25, 0.3) is 10.9 Å². The molecule has 0 saturated heterocycles. The zero-order chi connectivity index (χ0) is 23.9. The smallest absolute Gasteiger partial charge is 0.152 e. The summed E-state index contributed by atoms with van der Waals surface area (Å²) in [5.41, 5.74) is 2.87. The van der Waals surface area contributed by atoms with E-state index in [9.17, 15) is 0 Å². The highest BCUT2D eigenvalue weighted by Gasteiger charge is 2.09. The minimum absolute atomic E-state index is 0.0710. The predicted molar refractivity (Wildman–Crippen MR) is 131 cm³/mol. The Morgan fingerprint density at radius 2 is 1.60 bits per heavy atom. The molecule has 1 unspecified atom stereocenters. The standard InChI is InChI=1S/C27H25N5O3/c1-19(15-27-29-31-32-30-27)35-25-7-4-5-20(16-25)17-33-23-11-13-24(14-12-23)34-18-22-10-9-21-6-2-3-8-26(21)28-22/h2-14,16,19H,15,17-18H2,1H3,(H,29,30,31,32). The molecule has 35 heavy (non-hydrogen) atoms. The molecule has 0 amide bonds. The van der Waals surface area contributed by atoms with E-state index in [0.29, 0.717) is 25.5 Å². The number of H-pyrrole nitrogens is 1. The van der Waals surface area contributed by atoms with E-state index in [0.717, 1.165) is 39.4 Å². The van der Waals surface area contributed by atoms with Gasteiger partial charge in [0.2, 0.25) is 0 Å². The van der Waals surface area contributed by atoms with Gasteiger partial charge in [-0.3, -0.25) is 0 Å². The monoisotopic (exact) mass is 467 g/mol. The zero-order valence-corrected chi connectivity index (χ0v) is 19.3. The molecular formula is C27H25N5O3. The summed E-state index contributed by atoms with van der Waals surface area (Å²) in [6.07, 6.45) is 0.525. The molecule has 0 aliphatic rings. The van der Waals surface area contributed by atoms with Crippen molar-refractivity contribution in [2.24, 2.45) is 0 Å². The average molecular weight is 468 g/mol. The Balaban J connectivity index is 1.11. The first-order valence-electron chi connectivity index (χ1n) is 11.4. The van der Waals surface area contributed by atoms with Crippen molar-refractivity contribution in [2.75, 3.05) is 0 Å². The second-order valence-electron chi connectivity index (χ2n) is 8.17. The molecule has 0 saturated carbocycles. The minimum Gasteiger partial charge on any atom is -0.490 e. The molecule has 8 heteroatoms. The fourth-order valence-corrected chi connectivity index (χ4v) is 3.66. The maximum absolute atomic E-state index is 5.99. The quantitative estimate of drug-likeness (QED) is 0.312. The fourth-order valence-electron chi connectivity index (χ4n) is 3.66. The molecule has 0 bridgehead atoms. The highest BCUT2D eigenvalue weighted by atomic mass is 16.5. The molecule has 176 valence electrons. The summed E-state index contributed by atoms with van der Waals surface area (Å²) in [7, 11) is 0. The molecule has 1 atom stereocenters. The zero-order valence-electron chi connectivity index (χ0n) is 19.3. The minimum atomic E-state index is -0.0710. The van der Waals surface area contributed by atoms with Crippen LogP contribution >= 0.6 is 0 Å².